The molecule has 0 saturated carbocycles. The van der Waals surface area contributed by atoms with E-state index in [0.717, 1.165) is 37.6 Å². The van der Waals surface area contributed by atoms with E-state index in [0.29, 0.717) is 0 Å². The lowest BCUT2D eigenvalue weighted by atomic mass is 10.3. The molecule has 0 unspecified atom stereocenters. The van der Waals surface area contributed by atoms with E-state index in [1.54, 1.807) is 11.3 Å². The molecule has 19 heavy (non-hydrogen) atoms. The van der Waals surface area contributed by atoms with Crippen LogP contribution >= 0.6 is 11.3 Å². The van der Waals surface area contributed by atoms with Crippen molar-refractivity contribution in [2.24, 2.45) is 0 Å². The van der Waals surface area contributed by atoms with Gasteiger partial charge in [0.25, 0.3) is 0 Å². The molecular weight excluding hydrogens is 256 g/mol. The molecular formula is C14H20N4S. The van der Waals surface area contributed by atoms with E-state index in [-0.39, 0.29) is 0 Å². The number of nitrogens with one attached hydrogen (secondary N) is 1. The first-order valence-electron chi connectivity index (χ1n) is 6.54. The molecule has 2 heterocycles. The maximum absolute atomic E-state index is 4.61. The molecule has 0 spiro atoms. The Morgan fingerprint density at radius 3 is 3.00 bits per heavy atom. The van der Waals surface area contributed by atoms with Gasteiger partial charge in [-0.05, 0) is 24.4 Å². The smallest absolute Gasteiger partial charge is 0.147 e. The van der Waals surface area contributed by atoms with Crippen molar-refractivity contribution in [3.8, 4) is 0 Å². The molecule has 0 bridgehead atoms. The van der Waals surface area contributed by atoms with E-state index in [2.05, 4.69) is 51.7 Å². The second-order valence-corrected chi connectivity index (χ2v) is 5.43. The first-order valence-corrected chi connectivity index (χ1v) is 7.42. The molecule has 0 aromatic carbocycles. The molecule has 2 rings (SSSR count). The fourth-order valence-corrected chi connectivity index (χ4v) is 2.46. The summed E-state index contributed by atoms with van der Waals surface area (Å²) in [6.45, 7) is 4.76. The molecule has 2 aromatic heterocycles. The largest absolute Gasteiger partial charge is 0.358 e. The maximum atomic E-state index is 4.61. The Morgan fingerprint density at radius 1 is 1.37 bits per heavy atom. The van der Waals surface area contributed by atoms with E-state index >= 15 is 0 Å². The Hall–Kier alpha value is -1.46. The summed E-state index contributed by atoms with van der Waals surface area (Å²) in [7, 11) is 2.06. The van der Waals surface area contributed by atoms with E-state index in [1.165, 1.54) is 4.88 Å². The van der Waals surface area contributed by atoms with Gasteiger partial charge in [-0.3, -0.25) is 4.98 Å². The minimum absolute atomic E-state index is 0.774. The van der Waals surface area contributed by atoms with Crippen LogP contribution in [-0.4, -0.2) is 30.1 Å². The van der Waals surface area contributed by atoms with Gasteiger partial charge in [-0.15, -0.1) is 11.3 Å². The molecule has 4 nitrogen and oxygen atoms in total. The molecule has 0 amide bonds. The highest BCUT2D eigenvalue weighted by molar-refractivity contribution is 7.09. The standard InChI is InChI=1S/C14H20N4S/c1-3-15-9-12-10-16-11-14(17-12)18(2)7-6-13-5-4-8-19-13/h4-5,8,10-11,15H,3,6-7,9H2,1-2H3. The zero-order chi connectivity index (χ0) is 13.5. The fraction of sp³-hybridized carbons (Fsp3) is 0.429. The highest BCUT2D eigenvalue weighted by atomic mass is 32.1. The van der Waals surface area contributed by atoms with Gasteiger partial charge in [0.1, 0.15) is 5.82 Å². The number of hydrogen-bond acceptors (Lipinski definition) is 5. The van der Waals surface area contributed by atoms with Crippen LogP contribution in [0.1, 0.15) is 17.5 Å². The van der Waals surface area contributed by atoms with Crippen molar-refractivity contribution in [3.63, 3.8) is 0 Å². The van der Waals surface area contributed by atoms with Crippen LogP contribution in [0.5, 0.6) is 0 Å². The van der Waals surface area contributed by atoms with Crippen molar-refractivity contribution in [1.29, 1.82) is 0 Å². The second-order valence-electron chi connectivity index (χ2n) is 4.40. The summed E-state index contributed by atoms with van der Waals surface area (Å²) in [5.74, 6) is 0.937. The topological polar surface area (TPSA) is 41.1 Å². The third kappa shape index (κ3) is 4.29. The summed E-state index contributed by atoms with van der Waals surface area (Å²) in [5, 5.41) is 5.38. The summed E-state index contributed by atoms with van der Waals surface area (Å²) in [6.07, 6.45) is 4.69. The fourth-order valence-electron chi connectivity index (χ4n) is 1.76. The van der Waals surface area contributed by atoms with Crippen LogP contribution < -0.4 is 10.2 Å². The predicted octanol–water partition coefficient (Wildman–Crippen LogP) is 2.33. The van der Waals surface area contributed by atoms with Crippen LogP contribution in [0.25, 0.3) is 0 Å². The Morgan fingerprint density at radius 2 is 2.26 bits per heavy atom. The van der Waals surface area contributed by atoms with Crippen molar-refractivity contribution in [2.45, 2.75) is 19.9 Å². The van der Waals surface area contributed by atoms with Crippen molar-refractivity contribution in [2.75, 3.05) is 25.0 Å². The third-order valence-corrected chi connectivity index (χ3v) is 3.83. The summed E-state index contributed by atoms with van der Waals surface area (Å²) < 4.78 is 0. The predicted molar refractivity (Wildman–Crippen MR) is 80.7 cm³/mol. The van der Waals surface area contributed by atoms with Gasteiger partial charge in [-0.25, -0.2) is 4.98 Å². The van der Waals surface area contributed by atoms with Crippen molar-refractivity contribution in [1.82, 2.24) is 15.3 Å². The number of nitrogens with zero attached hydrogens (tertiary/aromatic N) is 3. The molecule has 0 atom stereocenters. The average Bonchev–Trinajstić information content (AvgIpc) is 2.96. The Labute approximate surface area is 118 Å². The quantitative estimate of drug-likeness (QED) is 0.842. The number of anilines is 1. The van der Waals surface area contributed by atoms with E-state index in [4.69, 9.17) is 0 Å². The normalized spacial score (nSPS) is 10.6. The number of likely N-dealkylation sites (N-methyl/N-ethyl adjacent to an activating group) is 1. The lowest BCUT2D eigenvalue weighted by molar-refractivity contribution is 0.704. The van der Waals surface area contributed by atoms with Crippen molar-refractivity contribution < 1.29 is 0 Å². The molecule has 5 heteroatoms. The van der Waals surface area contributed by atoms with Gasteiger partial charge in [-0.2, -0.15) is 0 Å². The minimum atomic E-state index is 0.774. The van der Waals surface area contributed by atoms with Gasteiger partial charge in [0.2, 0.25) is 0 Å². The molecule has 0 aliphatic heterocycles. The monoisotopic (exact) mass is 276 g/mol. The Kier molecular flexibility index (Phi) is 5.30. The van der Waals surface area contributed by atoms with Crippen LogP contribution in [0.4, 0.5) is 5.82 Å². The summed E-state index contributed by atoms with van der Waals surface area (Å²) in [6, 6.07) is 4.27. The first-order chi connectivity index (χ1) is 9.29. The molecule has 0 saturated heterocycles. The molecule has 1 N–H and O–H groups in total. The van der Waals surface area contributed by atoms with Crippen LogP contribution in [0.3, 0.4) is 0 Å². The first kappa shape index (κ1) is 14.0. The summed E-state index contributed by atoms with van der Waals surface area (Å²) in [5.41, 5.74) is 0.988. The lowest BCUT2D eigenvalue weighted by Crippen LogP contribution is -2.22. The zero-order valence-corrected chi connectivity index (χ0v) is 12.3. The minimum Gasteiger partial charge on any atom is -0.358 e. The van der Waals surface area contributed by atoms with Crippen molar-refractivity contribution in [3.05, 3.63) is 40.5 Å². The molecule has 2 aromatic rings. The highest BCUT2D eigenvalue weighted by Gasteiger charge is 2.05. The van der Waals surface area contributed by atoms with Crippen LogP contribution in [0.2, 0.25) is 0 Å². The van der Waals surface area contributed by atoms with Crippen LogP contribution in [0.15, 0.2) is 29.9 Å². The molecule has 0 aliphatic carbocycles. The van der Waals surface area contributed by atoms with E-state index in [1.807, 2.05) is 12.4 Å². The van der Waals surface area contributed by atoms with Gasteiger partial charge >= 0.3 is 0 Å². The van der Waals surface area contributed by atoms with Gasteiger partial charge < -0.3 is 10.2 Å². The number of hydrogen-bond donors (Lipinski definition) is 1. The maximum Gasteiger partial charge on any atom is 0.147 e. The Balaban J connectivity index is 1.92. The van der Waals surface area contributed by atoms with Gasteiger partial charge in [0.05, 0.1) is 11.9 Å². The highest BCUT2D eigenvalue weighted by Crippen LogP contribution is 2.12. The SMILES string of the molecule is CCNCc1cncc(N(C)CCc2cccs2)n1. The van der Waals surface area contributed by atoms with Gasteiger partial charge in [0.15, 0.2) is 0 Å². The zero-order valence-electron chi connectivity index (χ0n) is 11.5. The average molecular weight is 276 g/mol. The Bertz CT molecular complexity index is 484. The molecule has 102 valence electrons. The molecule has 0 radical (unpaired) electrons. The van der Waals surface area contributed by atoms with Crippen molar-refractivity contribution >= 4 is 17.2 Å². The number of thiophene rings is 1. The number of rotatable bonds is 7. The van der Waals surface area contributed by atoms with Crippen LogP contribution in [-0.2, 0) is 13.0 Å². The van der Waals surface area contributed by atoms with Gasteiger partial charge in [0, 0.05) is 31.2 Å². The lowest BCUT2D eigenvalue weighted by Gasteiger charge is -2.17. The molecule has 0 aliphatic rings. The van der Waals surface area contributed by atoms with E-state index < -0.39 is 0 Å². The number of aromatic nitrogens is 2. The molecule has 0 fully saturated rings. The third-order valence-electron chi connectivity index (χ3n) is 2.89. The van der Waals surface area contributed by atoms with Crippen LogP contribution in [0, 0.1) is 0 Å². The summed E-state index contributed by atoms with van der Waals surface area (Å²) in [4.78, 5) is 12.4. The van der Waals surface area contributed by atoms with E-state index in [9.17, 15) is 0 Å². The summed E-state index contributed by atoms with van der Waals surface area (Å²) >= 11 is 1.80. The second kappa shape index (κ2) is 7.21. The van der Waals surface area contributed by atoms with Gasteiger partial charge in [-0.1, -0.05) is 13.0 Å².